The Kier molecular flexibility index (Phi) is 3.79. The molecule has 0 atom stereocenters. The highest BCUT2D eigenvalue weighted by Gasteiger charge is 2.40. The molecule has 1 N–H and O–H groups in total. The van der Waals surface area contributed by atoms with Gasteiger partial charge in [0.2, 0.25) is 0 Å². The van der Waals surface area contributed by atoms with E-state index in [9.17, 15) is 0 Å². The molecule has 140 valence electrons. The van der Waals surface area contributed by atoms with E-state index >= 15 is 0 Å². The fourth-order valence-corrected chi connectivity index (χ4v) is 3.50. The summed E-state index contributed by atoms with van der Waals surface area (Å²) in [5.41, 5.74) is 2.68. The van der Waals surface area contributed by atoms with E-state index < -0.39 is 0 Å². The lowest BCUT2D eigenvalue weighted by atomic mass is 10.1. The molecule has 0 spiro atoms. The van der Waals surface area contributed by atoms with Crippen molar-refractivity contribution in [2.45, 2.75) is 25.4 Å². The number of H-pyrrole nitrogens is 1. The summed E-state index contributed by atoms with van der Waals surface area (Å²) in [5, 5.41) is 8.62. The minimum atomic E-state index is 0.00108. The van der Waals surface area contributed by atoms with Gasteiger partial charge < -0.3 is 14.5 Å². The molecule has 0 bridgehead atoms. The fraction of sp³-hybridized carbons (Fsp3) is 0.450. The zero-order chi connectivity index (χ0) is 18.4. The molecule has 2 fully saturated rings. The largest absolute Gasteiger partial charge is 0.488 e. The van der Waals surface area contributed by atoms with E-state index in [0.717, 1.165) is 72.9 Å². The van der Waals surface area contributed by atoms with Crippen LogP contribution < -0.4 is 9.64 Å². The Labute approximate surface area is 158 Å². The van der Waals surface area contributed by atoms with E-state index in [1.807, 2.05) is 18.2 Å². The van der Waals surface area contributed by atoms with Gasteiger partial charge in [-0.1, -0.05) is 0 Å². The highest BCUT2D eigenvalue weighted by Crippen LogP contribution is 2.40. The number of rotatable bonds is 4. The quantitative estimate of drug-likeness (QED) is 0.768. The average molecular weight is 364 g/mol. The number of anilines is 1. The maximum Gasteiger partial charge on any atom is 0.132 e. The normalized spacial score (nSPS) is 19.4. The van der Waals surface area contributed by atoms with E-state index in [1.54, 1.807) is 6.33 Å². The third-order valence-electron chi connectivity index (χ3n) is 5.58. The first-order valence-electron chi connectivity index (χ1n) is 9.53. The Morgan fingerprint density at radius 3 is 2.67 bits per heavy atom. The highest BCUT2D eigenvalue weighted by molar-refractivity contribution is 5.93. The molecule has 27 heavy (non-hydrogen) atoms. The van der Waals surface area contributed by atoms with Crippen molar-refractivity contribution in [2.24, 2.45) is 0 Å². The number of benzene rings is 1. The number of fused-ring (bicyclic) bond motifs is 1. The van der Waals surface area contributed by atoms with Gasteiger partial charge >= 0.3 is 0 Å². The van der Waals surface area contributed by atoms with Crippen LogP contribution in [0.25, 0.3) is 22.3 Å². The van der Waals surface area contributed by atoms with Crippen LogP contribution in [0.3, 0.4) is 0 Å². The van der Waals surface area contributed by atoms with Crippen LogP contribution >= 0.6 is 0 Å². The van der Waals surface area contributed by atoms with Crippen LogP contribution in [0, 0.1) is 0 Å². The first kappa shape index (κ1) is 16.5. The van der Waals surface area contributed by atoms with Gasteiger partial charge in [0.25, 0.3) is 0 Å². The number of nitrogens with zero attached hydrogens (tertiary/aromatic N) is 5. The lowest BCUT2D eigenvalue weighted by Crippen LogP contribution is -2.44. The van der Waals surface area contributed by atoms with Gasteiger partial charge in [0.1, 0.15) is 23.5 Å². The third-order valence-corrected chi connectivity index (χ3v) is 5.58. The topological polar surface area (TPSA) is 70.2 Å². The summed E-state index contributed by atoms with van der Waals surface area (Å²) in [4.78, 5) is 13.6. The van der Waals surface area contributed by atoms with Gasteiger partial charge in [0.15, 0.2) is 0 Å². The van der Waals surface area contributed by atoms with Crippen molar-refractivity contribution in [3.8, 4) is 17.1 Å². The molecule has 3 aromatic rings. The third kappa shape index (κ3) is 3.23. The van der Waals surface area contributed by atoms with Crippen molar-refractivity contribution in [3.63, 3.8) is 0 Å². The number of aromatic amines is 1. The highest BCUT2D eigenvalue weighted by atomic mass is 16.5. The van der Waals surface area contributed by atoms with Crippen LogP contribution in [0.4, 0.5) is 5.82 Å². The number of ether oxygens (including phenoxy) is 1. The minimum absolute atomic E-state index is 0.00108. The van der Waals surface area contributed by atoms with Crippen molar-refractivity contribution >= 4 is 16.7 Å². The number of nitrogens with one attached hydrogen (secondary N) is 1. The molecule has 0 unspecified atom stereocenters. The summed E-state index contributed by atoms with van der Waals surface area (Å²) in [6.45, 7) is 6.21. The average Bonchev–Trinajstić information content (AvgIpc) is 3.25. The van der Waals surface area contributed by atoms with Crippen LogP contribution in [0.15, 0.2) is 30.6 Å². The molecule has 3 heterocycles. The van der Waals surface area contributed by atoms with Crippen molar-refractivity contribution in [1.82, 2.24) is 25.1 Å². The zero-order valence-corrected chi connectivity index (χ0v) is 15.8. The summed E-state index contributed by atoms with van der Waals surface area (Å²) in [6.07, 6.45) is 3.87. The predicted octanol–water partition coefficient (Wildman–Crippen LogP) is 2.70. The summed E-state index contributed by atoms with van der Waals surface area (Å²) >= 11 is 0. The smallest absolute Gasteiger partial charge is 0.132 e. The van der Waals surface area contributed by atoms with Gasteiger partial charge in [0.05, 0.1) is 16.9 Å². The lowest BCUT2D eigenvalue weighted by molar-refractivity contribution is 0.200. The van der Waals surface area contributed by atoms with Crippen LogP contribution in [0.1, 0.15) is 19.8 Å². The molecule has 5 rings (SSSR count). The van der Waals surface area contributed by atoms with Gasteiger partial charge in [-0.25, -0.2) is 9.97 Å². The van der Waals surface area contributed by atoms with E-state index in [2.05, 4.69) is 50.0 Å². The van der Waals surface area contributed by atoms with E-state index in [1.165, 1.54) is 0 Å². The second-order valence-electron chi connectivity index (χ2n) is 7.88. The first-order valence-corrected chi connectivity index (χ1v) is 9.53. The predicted molar refractivity (Wildman–Crippen MR) is 105 cm³/mol. The van der Waals surface area contributed by atoms with Gasteiger partial charge in [-0.15, -0.1) is 0 Å². The van der Waals surface area contributed by atoms with Crippen molar-refractivity contribution in [3.05, 3.63) is 30.6 Å². The van der Waals surface area contributed by atoms with Crippen molar-refractivity contribution < 1.29 is 4.74 Å². The Hall–Kier alpha value is -2.67. The number of likely N-dealkylation sites (N-methyl/N-ethyl adjacent to an activating group) is 1. The molecule has 7 nitrogen and oxygen atoms in total. The fourth-order valence-electron chi connectivity index (χ4n) is 3.50. The summed E-state index contributed by atoms with van der Waals surface area (Å²) < 4.78 is 6.12. The first-order chi connectivity index (χ1) is 13.1. The summed E-state index contributed by atoms with van der Waals surface area (Å²) in [7, 11) is 2.15. The summed E-state index contributed by atoms with van der Waals surface area (Å²) in [5.74, 6) is 1.85. The molecule has 2 aromatic heterocycles. The minimum Gasteiger partial charge on any atom is -0.488 e. The van der Waals surface area contributed by atoms with Gasteiger partial charge in [-0.2, -0.15) is 5.10 Å². The Morgan fingerprint density at radius 1 is 1.07 bits per heavy atom. The molecule has 2 aliphatic rings. The van der Waals surface area contributed by atoms with Crippen LogP contribution in [-0.2, 0) is 0 Å². The Morgan fingerprint density at radius 2 is 1.89 bits per heavy atom. The number of hydrogen-bond acceptors (Lipinski definition) is 6. The second-order valence-corrected chi connectivity index (χ2v) is 7.88. The van der Waals surface area contributed by atoms with Crippen LogP contribution in [-0.4, -0.2) is 63.9 Å². The van der Waals surface area contributed by atoms with E-state index in [-0.39, 0.29) is 5.60 Å². The maximum absolute atomic E-state index is 6.12. The zero-order valence-electron chi connectivity index (χ0n) is 15.8. The Bertz CT molecular complexity index is 972. The van der Waals surface area contributed by atoms with Crippen LogP contribution in [0.2, 0.25) is 0 Å². The molecule has 1 saturated carbocycles. The van der Waals surface area contributed by atoms with Crippen molar-refractivity contribution in [2.75, 3.05) is 38.1 Å². The van der Waals surface area contributed by atoms with Gasteiger partial charge in [0, 0.05) is 37.6 Å². The standard InChI is InChI=1S/C20H24N6O/c1-20(5-6-20)27-14-3-4-16-15(11-14)19(24-23-16)17-12-18(22-13-21-17)26-9-7-25(2)8-10-26/h3-4,11-13H,5-10H2,1-2H3,(H,23,24). The molecule has 1 aliphatic heterocycles. The van der Waals surface area contributed by atoms with E-state index in [0.29, 0.717) is 0 Å². The molecule has 1 aromatic carbocycles. The van der Waals surface area contributed by atoms with Crippen LogP contribution in [0.5, 0.6) is 5.75 Å². The lowest BCUT2D eigenvalue weighted by Gasteiger charge is -2.33. The number of aromatic nitrogens is 4. The maximum atomic E-state index is 6.12. The Balaban J connectivity index is 1.47. The van der Waals surface area contributed by atoms with Gasteiger partial charge in [-0.3, -0.25) is 5.10 Å². The number of piperazine rings is 1. The SMILES string of the molecule is CN1CCN(c2cc(-c3[nH]nc4ccc(OC5(C)CC5)cc34)ncn2)CC1. The molecule has 0 radical (unpaired) electrons. The monoisotopic (exact) mass is 364 g/mol. The molecule has 1 aliphatic carbocycles. The number of hydrogen-bond donors (Lipinski definition) is 1. The van der Waals surface area contributed by atoms with E-state index in [4.69, 9.17) is 4.74 Å². The molecule has 1 saturated heterocycles. The second kappa shape index (κ2) is 6.20. The molecular formula is C20H24N6O. The molecule has 0 amide bonds. The van der Waals surface area contributed by atoms with Gasteiger partial charge in [-0.05, 0) is 45.0 Å². The molecular weight excluding hydrogens is 340 g/mol. The van der Waals surface area contributed by atoms with Crippen molar-refractivity contribution in [1.29, 1.82) is 0 Å². The summed E-state index contributed by atoms with van der Waals surface area (Å²) in [6, 6.07) is 8.11. The molecule has 7 heteroatoms.